The van der Waals surface area contributed by atoms with Gasteiger partial charge in [0.1, 0.15) is 11.3 Å². The Bertz CT molecular complexity index is 1150. The summed E-state index contributed by atoms with van der Waals surface area (Å²) in [5, 5.41) is 0.492. The summed E-state index contributed by atoms with van der Waals surface area (Å²) in [4.78, 5) is 28.5. The zero-order valence-electron chi connectivity index (χ0n) is 17.4. The second kappa shape index (κ2) is 8.32. The Morgan fingerprint density at radius 2 is 1.97 bits per heavy atom. The molecule has 6 heteroatoms. The summed E-state index contributed by atoms with van der Waals surface area (Å²) < 4.78 is 16.8. The van der Waals surface area contributed by atoms with Crippen LogP contribution in [0.15, 0.2) is 51.7 Å². The molecule has 2 aromatic carbocycles. The van der Waals surface area contributed by atoms with Gasteiger partial charge in [-0.05, 0) is 50.1 Å². The Labute approximate surface area is 175 Å². The molecule has 1 atom stereocenters. The molecular weight excluding hydrogens is 382 g/mol. The number of nitrogens with zero attached hydrogens (tertiary/aromatic N) is 1. The summed E-state index contributed by atoms with van der Waals surface area (Å²) in [7, 11) is 1.63. The fourth-order valence-electron chi connectivity index (χ4n) is 4.03. The van der Waals surface area contributed by atoms with Crippen molar-refractivity contribution in [2.75, 3.05) is 26.9 Å². The Morgan fingerprint density at radius 1 is 1.13 bits per heavy atom. The van der Waals surface area contributed by atoms with Crippen LogP contribution in [0.25, 0.3) is 11.0 Å². The van der Waals surface area contributed by atoms with Gasteiger partial charge in [-0.3, -0.25) is 9.59 Å². The molecule has 0 N–H and O–H groups in total. The third-order valence-corrected chi connectivity index (χ3v) is 5.35. The van der Waals surface area contributed by atoms with Crippen molar-refractivity contribution in [2.45, 2.75) is 26.3 Å². The molecule has 1 amide bonds. The van der Waals surface area contributed by atoms with Gasteiger partial charge in [-0.2, -0.15) is 0 Å². The third-order valence-electron chi connectivity index (χ3n) is 5.35. The molecule has 4 rings (SSSR count). The van der Waals surface area contributed by atoms with Crippen molar-refractivity contribution in [1.29, 1.82) is 0 Å². The van der Waals surface area contributed by atoms with Crippen LogP contribution in [0.3, 0.4) is 0 Å². The predicted octanol–water partition coefficient (Wildman–Crippen LogP) is 4.08. The number of carbonyl (C=O) groups excluding carboxylic acids is 1. The predicted molar refractivity (Wildman–Crippen MR) is 114 cm³/mol. The zero-order chi connectivity index (χ0) is 21.3. The highest BCUT2D eigenvalue weighted by atomic mass is 16.5. The van der Waals surface area contributed by atoms with E-state index in [4.69, 9.17) is 13.9 Å². The maximum Gasteiger partial charge on any atom is 0.290 e. The van der Waals surface area contributed by atoms with Crippen LogP contribution in [0.2, 0.25) is 0 Å². The molecule has 0 aliphatic carbocycles. The second-order valence-corrected chi connectivity index (χ2v) is 7.43. The van der Waals surface area contributed by atoms with Crippen LogP contribution in [0, 0.1) is 6.92 Å². The number of amides is 1. The molecule has 3 aromatic rings. The molecule has 6 nitrogen and oxygen atoms in total. The van der Waals surface area contributed by atoms with E-state index < -0.39 is 6.04 Å². The molecule has 1 aliphatic rings. The van der Waals surface area contributed by atoms with E-state index in [1.165, 1.54) is 0 Å². The SMILES string of the molecule is CCOc1cccc(C2c3c(oc4ccc(C)cc4c3=O)C(=O)N2CCCOC)c1. The lowest BCUT2D eigenvalue weighted by atomic mass is 9.98. The van der Waals surface area contributed by atoms with Crippen molar-refractivity contribution in [3.63, 3.8) is 0 Å². The number of hydrogen-bond acceptors (Lipinski definition) is 5. The van der Waals surface area contributed by atoms with Gasteiger partial charge in [-0.25, -0.2) is 0 Å². The van der Waals surface area contributed by atoms with Gasteiger partial charge in [0, 0.05) is 20.3 Å². The first-order chi connectivity index (χ1) is 14.5. The van der Waals surface area contributed by atoms with Crippen molar-refractivity contribution < 1.29 is 18.7 Å². The van der Waals surface area contributed by atoms with Crippen LogP contribution < -0.4 is 10.2 Å². The van der Waals surface area contributed by atoms with E-state index in [2.05, 4.69) is 0 Å². The van der Waals surface area contributed by atoms with Crippen LogP contribution >= 0.6 is 0 Å². The monoisotopic (exact) mass is 407 g/mol. The number of methoxy groups -OCH3 is 1. The van der Waals surface area contributed by atoms with Crippen molar-refractivity contribution >= 4 is 16.9 Å². The number of aryl methyl sites for hydroxylation is 1. The van der Waals surface area contributed by atoms with E-state index >= 15 is 0 Å². The standard InChI is InChI=1S/C24H25NO5/c1-4-29-17-8-5-7-16(14-17)21-20-22(26)18-13-15(2)9-10-19(18)30-23(20)24(27)25(21)11-6-12-28-3/h5,7-10,13-14,21H,4,6,11-12H2,1-3H3. The highest BCUT2D eigenvalue weighted by molar-refractivity contribution is 5.99. The maximum atomic E-state index is 13.5. The first-order valence-corrected chi connectivity index (χ1v) is 10.1. The summed E-state index contributed by atoms with van der Waals surface area (Å²) in [6, 6.07) is 12.5. The molecule has 1 aliphatic heterocycles. The third kappa shape index (κ3) is 3.48. The number of rotatable bonds is 7. The second-order valence-electron chi connectivity index (χ2n) is 7.43. The first kappa shape index (κ1) is 20.2. The average molecular weight is 407 g/mol. The summed E-state index contributed by atoms with van der Waals surface area (Å²) in [5.41, 5.74) is 2.45. The molecule has 0 radical (unpaired) electrons. The van der Waals surface area contributed by atoms with Gasteiger partial charge in [-0.15, -0.1) is 0 Å². The lowest BCUT2D eigenvalue weighted by Gasteiger charge is -2.25. The van der Waals surface area contributed by atoms with Gasteiger partial charge in [0.25, 0.3) is 5.91 Å². The average Bonchev–Trinajstić information content (AvgIpc) is 3.02. The summed E-state index contributed by atoms with van der Waals surface area (Å²) in [6.07, 6.45) is 0.657. The smallest absolute Gasteiger partial charge is 0.290 e. The van der Waals surface area contributed by atoms with Crippen LogP contribution in [-0.4, -0.2) is 37.7 Å². The van der Waals surface area contributed by atoms with Crippen LogP contribution in [0.4, 0.5) is 0 Å². The molecule has 0 fully saturated rings. The maximum absolute atomic E-state index is 13.5. The van der Waals surface area contributed by atoms with E-state index in [1.54, 1.807) is 18.1 Å². The van der Waals surface area contributed by atoms with E-state index in [9.17, 15) is 9.59 Å². The fraction of sp³-hybridized carbons (Fsp3) is 0.333. The fourth-order valence-corrected chi connectivity index (χ4v) is 4.03. The molecule has 156 valence electrons. The highest BCUT2D eigenvalue weighted by Gasteiger charge is 2.42. The van der Waals surface area contributed by atoms with Crippen molar-refractivity contribution in [1.82, 2.24) is 4.90 Å². The molecule has 30 heavy (non-hydrogen) atoms. The van der Waals surface area contributed by atoms with E-state index in [0.717, 1.165) is 11.1 Å². The summed E-state index contributed by atoms with van der Waals surface area (Å²) >= 11 is 0. The van der Waals surface area contributed by atoms with Gasteiger partial charge in [0.15, 0.2) is 5.43 Å². The number of ether oxygens (including phenoxy) is 2. The minimum Gasteiger partial charge on any atom is -0.494 e. The van der Waals surface area contributed by atoms with Crippen molar-refractivity contribution in [2.24, 2.45) is 0 Å². The van der Waals surface area contributed by atoms with E-state index in [-0.39, 0.29) is 17.1 Å². The Morgan fingerprint density at radius 3 is 2.73 bits per heavy atom. The molecular formula is C24H25NO5. The van der Waals surface area contributed by atoms with Gasteiger partial charge in [0.05, 0.1) is 23.6 Å². The molecule has 1 aromatic heterocycles. The Kier molecular flexibility index (Phi) is 5.59. The Balaban J connectivity index is 1.90. The molecule has 1 unspecified atom stereocenters. The van der Waals surface area contributed by atoms with Crippen LogP contribution in [-0.2, 0) is 4.74 Å². The first-order valence-electron chi connectivity index (χ1n) is 10.1. The number of carbonyl (C=O) groups is 1. The van der Waals surface area contributed by atoms with Crippen LogP contribution in [0.1, 0.15) is 46.6 Å². The van der Waals surface area contributed by atoms with E-state index in [0.29, 0.717) is 48.5 Å². The summed E-state index contributed by atoms with van der Waals surface area (Å²) in [5.74, 6) is 0.557. The van der Waals surface area contributed by atoms with Gasteiger partial charge >= 0.3 is 0 Å². The van der Waals surface area contributed by atoms with Crippen molar-refractivity contribution in [3.8, 4) is 5.75 Å². The van der Waals surface area contributed by atoms with Gasteiger partial charge < -0.3 is 18.8 Å². The highest BCUT2D eigenvalue weighted by Crippen LogP contribution is 2.39. The molecule has 0 bridgehead atoms. The largest absolute Gasteiger partial charge is 0.494 e. The number of hydrogen-bond donors (Lipinski definition) is 0. The van der Waals surface area contributed by atoms with Crippen molar-refractivity contribution in [3.05, 3.63) is 75.1 Å². The minimum atomic E-state index is -0.522. The quantitative estimate of drug-likeness (QED) is 0.552. The normalized spacial score (nSPS) is 15.6. The topological polar surface area (TPSA) is 69.0 Å². The number of fused-ring (bicyclic) bond motifs is 2. The van der Waals surface area contributed by atoms with Gasteiger partial charge in [0.2, 0.25) is 5.76 Å². The van der Waals surface area contributed by atoms with Gasteiger partial charge in [-0.1, -0.05) is 23.8 Å². The molecule has 0 spiro atoms. The summed E-state index contributed by atoms with van der Waals surface area (Å²) in [6.45, 7) is 5.36. The lowest BCUT2D eigenvalue weighted by Crippen LogP contribution is -2.31. The zero-order valence-corrected chi connectivity index (χ0v) is 17.4. The molecule has 0 saturated heterocycles. The van der Waals surface area contributed by atoms with E-state index in [1.807, 2.05) is 50.2 Å². The Hall–Kier alpha value is -3.12. The molecule has 2 heterocycles. The minimum absolute atomic E-state index is 0.126. The molecule has 0 saturated carbocycles. The number of benzene rings is 2. The lowest BCUT2D eigenvalue weighted by molar-refractivity contribution is 0.0707. The van der Waals surface area contributed by atoms with Crippen LogP contribution in [0.5, 0.6) is 5.75 Å².